The molecule has 98 valence electrons. The third kappa shape index (κ3) is 2.94. The van der Waals surface area contributed by atoms with Crippen molar-refractivity contribution in [1.29, 1.82) is 0 Å². The third-order valence-electron chi connectivity index (χ3n) is 2.85. The van der Waals surface area contributed by atoms with Crippen LogP contribution in [0.5, 0.6) is 0 Å². The Morgan fingerprint density at radius 3 is 2.33 bits per heavy atom. The van der Waals surface area contributed by atoms with Crippen molar-refractivity contribution in [3.05, 3.63) is 35.1 Å². The maximum absolute atomic E-state index is 13.1. The van der Waals surface area contributed by atoms with Crippen LogP contribution in [0.4, 0.5) is 4.39 Å². The molecule has 0 amide bonds. The van der Waals surface area contributed by atoms with Gasteiger partial charge in [0.2, 0.25) is 0 Å². The minimum Gasteiger partial charge on any atom is -0.468 e. The van der Waals surface area contributed by atoms with Crippen LogP contribution in [-0.4, -0.2) is 18.9 Å². The second kappa shape index (κ2) is 5.76. The van der Waals surface area contributed by atoms with Gasteiger partial charge in [0.25, 0.3) is 0 Å². The molecule has 18 heavy (non-hydrogen) atoms. The van der Waals surface area contributed by atoms with Crippen LogP contribution < -0.4 is 0 Å². The van der Waals surface area contributed by atoms with Crippen molar-refractivity contribution in [3.63, 3.8) is 0 Å². The molecule has 0 aromatic heterocycles. The summed E-state index contributed by atoms with van der Waals surface area (Å²) in [4.78, 5) is 23.8. The van der Waals surface area contributed by atoms with Crippen molar-refractivity contribution in [2.75, 3.05) is 7.11 Å². The summed E-state index contributed by atoms with van der Waals surface area (Å²) >= 11 is 0. The lowest BCUT2D eigenvalue weighted by atomic mass is 9.87. The first-order valence-electron chi connectivity index (χ1n) is 5.76. The molecule has 0 saturated heterocycles. The Bertz CT molecular complexity index is 466. The fraction of sp³-hybridized carbons (Fsp3) is 0.429. The standard InChI is InChI=1S/C14H17FO3/c1-8(2)12(14(17)18-4)13(16)10-5-6-11(15)9(3)7-10/h5-8,12H,1-4H3. The highest BCUT2D eigenvalue weighted by atomic mass is 19.1. The fourth-order valence-corrected chi connectivity index (χ4v) is 1.79. The van der Waals surface area contributed by atoms with Gasteiger partial charge in [-0.3, -0.25) is 9.59 Å². The first kappa shape index (κ1) is 14.4. The highest BCUT2D eigenvalue weighted by molar-refractivity contribution is 6.08. The summed E-state index contributed by atoms with van der Waals surface area (Å²) in [5.41, 5.74) is 0.714. The molecule has 0 spiro atoms. The van der Waals surface area contributed by atoms with E-state index >= 15 is 0 Å². The summed E-state index contributed by atoms with van der Waals surface area (Å²) < 4.78 is 17.8. The van der Waals surface area contributed by atoms with Crippen molar-refractivity contribution in [2.45, 2.75) is 20.8 Å². The van der Waals surface area contributed by atoms with E-state index < -0.39 is 11.9 Å². The zero-order valence-corrected chi connectivity index (χ0v) is 11.0. The average Bonchev–Trinajstić information content (AvgIpc) is 2.32. The first-order chi connectivity index (χ1) is 8.38. The number of rotatable bonds is 4. The number of benzene rings is 1. The second-order valence-electron chi connectivity index (χ2n) is 4.57. The number of carbonyl (C=O) groups excluding carboxylic acids is 2. The molecule has 0 fully saturated rings. The number of methoxy groups -OCH3 is 1. The lowest BCUT2D eigenvalue weighted by Gasteiger charge is -2.17. The summed E-state index contributed by atoms with van der Waals surface area (Å²) in [6.45, 7) is 5.13. The number of carbonyl (C=O) groups is 2. The quantitative estimate of drug-likeness (QED) is 0.470. The summed E-state index contributed by atoms with van der Waals surface area (Å²) in [6, 6.07) is 4.08. The third-order valence-corrected chi connectivity index (χ3v) is 2.85. The minimum absolute atomic E-state index is 0.171. The summed E-state index contributed by atoms with van der Waals surface area (Å²) in [5, 5.41) is 0. The van der Waals surface area contributed by atoms with Crippen LogP contribution in [0, 0.1) is 24.6 Å². The molecule has 1 rings (SSSR count). The van der Waals surface area contributed by atoms with E-state index in [9.17, 15) is 14.0 Å². The average molecular weight is 252 g/mol. The van der Waals surface area contributed by atoms with E-state index in [-0.39, 0.29) is 17.5 Å². The van der Waals surface area contributed by atoms with Gasteiger partial charge in [-0.25, -0.2) is 4.39 Å². The summed E-state index contributed by atoms with van der Waals surface area (Å²) in [7, 11) is 1.25. The van der Waals surface area contributed by atoms with Crippen molar-refractivity contribution in [3.8, 4) is 0 Å². The smallest absolute Gasteiger partial charge is 0.316 e. The number of ether oxygens (including phenoxy) is 1. The lowest BCUT2D eigenvalue weighted by Crippen LogP contribution is -2.30. The van der Waals surface area contributed by atoms with Gasteiger partial charge >= 0.3 is 5.97 Å². The maximum Gasteiger partial charge on any atom is 0.316 e. The molecule has 1 aromatic rings. The highest BCUT2D eigenvalue weighted by Gasteiger charge is 2.31. The van der Waals surface area contributed by atoms with Gasteiger partial charge in [-0.2, -0.15) is 0 Å². The minimum atomic E-state index is -0.847. The van der Waals surface area contributed by atoms with Crippen LogP contribution >= 0.6 is 0 Å². The van der Waals surface area contributed by atoms with Crippen molar-refractivity contribution in [1.82, 2.24) is 0 Å². The fourth-order valence-electron chi connectivity index (χ4n) is 1.79. The Labute approximate surface area is 106 Å². The Hall–Kier alpha value is -1.71. The molecular weight excluding hydrogens is 235 g/mol. The molecule has 0 heterocycles. The van der Waals surface area contributed by atoms with E-state index in [0.717, 1.165) is 0 Å². The van der Waals surface area contributed by atoms with Gasteiger partial charge in [0.15, 0.2) is 5.78 Å². The summed E-state index contributed by atoms with van der Waals surface area (Å²) in [6.07, 6.45) is 0. The Kier molecular flexibility index (Phi) is 4.59. The summed E-state index contributed by atoms with van der Waals surface area (Å²) in [5.74, 6) is -2.28. The monoisotopic (exact) mass is 252 g/mol. The molecule has 0 aliphatic carbocycles. The van der Waals surface area contributed by atoms with Crippen LogP contribution in [0.25, 0.3) is 0 Å². The van der Waals surface area contributed by atoms with E-state index in [1.54, 1.807) is 20.8 Å². The molecular formula is C14H17FO3. The van der Waals surface area contributed by atoms with Crippen LogP contribution in [0.2, 0.25) is 0 Å². The van der Waals surface area contributed by atoms with E-state index in [4.69, 9.17) is 0 Å². The van der Waals surface area contributed by atoms with Crippen LogP contribution in [0.1, 0.15) is 29.8 Å². The molecule has 1 unspecified atom stereocenters. The molecule has 4 heteroatoms. The van der Waals surface area contributed by atoms with E-state index in [1.165, 1.54) is 25.3 Å². The molecule has 0 aliphatic rings. The number of aryl methyl sites for hydroxylation is 1. The topological polar surface area (TPSA) is 43.4 Å². The Morgan fingerprint density at radius 2 is 1.89 bits per heavy atom. The highest BCUT2D eigenvalue weighted by Crippen LogP contribution is 2.20. The number of hydrogen-bond acceptors (Lipinski definition) is 3. The maximum atomic E-state index is 13.1. The number of halogens is 1. The lowest BCUT2D eigenvalue weighted by molar-refractivity contribution is -0.144. The molecule has 1 aromatic carbocycles. The van der Waals surface area contributed by atoms with E-state index in [0.29, 0.717) is 11.1 Å². The van der Waals surface area contributed by atoms with Gasteiger partial charge in [-0.05, 0) is 36.6 Å². The second-order valence-corrected chi connectivity index (χ2v) is 4.57. The number of ketones is 1. The zero-order valence-electron chi connectivity index (χ0n) is 11.0. The predicted molar refractivity (Wildman–Crippen MR) is 65.8 cm³/mol. The molecule has 0 N–H and O–H groups in total. The normalized spacial score (nSPS) is 12.3. The molecule has 0 aliphatic heterocycles. The van der Waals surface area contributed by atoms with Crippen molar-refractivity contribution < 1.29 is 18.7 Å². The van der Waals surface area contributed by atoms with E-state index in [2.05, 4.69) is 4.74 Å². The molecule has 1 atom stereocenters. The van der Waals surface area contributed by atoms with Gasteiger partial charge in [-0.1, -0.05) is 13.8 Å². The molecule has 0 bridgehead atoms. The first-order valence-corrected chi connectivity index (χ1v) is 5.76. The van der Waals surface area contributed by atoms with Gasteiger partial charge in [0.1, 0.15) is 11.7 Å². The molecule has 0 radical (unpaired) electrons. The van der Waals surface area contributed by atoms with Gasteiger partial charge in [0, 0.05) is 5.56 Å². The van der Waals surface area contributed by atoms with Gasteiger partial charge < -0.3 is 4.74 Å². The molecule has 0 saturated carbocycles. The van der Waals surface area contributed by atoms with Gasteiger partial charge in [0.05, 0.1) is 7.11 Å². The van der Waals surface area contributed by atoms with Crippen molar-refractivity contribution in [2.24, 2.45) is 11.8 Å². The van der Waals surface area contributed by atoms with E-state index in [1.807, 2.05) is 0 Å². The van der Waals surface area contributed by atoms with Gasteiger partial charge in [-0.15, -0.1) is 0 Å². The van der Waals surface area contributed by atoms with Crippen LogP contribution in [0.3, 0.4) is 0 Å². The van der Waals surface area contributed by atoms with Crippen LogP contribution in [0.15, 0.2) is 18.2 Å². The molecule has 3 nitrogen and oxygen atoms in total. The predicted octanol–water partition coefficient (Wildman–Crippen LogP) is 2.76. The largest absolute Gasteiger partial charge is 0.468 e. The Morgan fingerprint density at radius 1 is 1.28 bits per heavy atom. The Balaban J connectivity index is 3.10. The number of Topliss-reactive ketones (excluding diaryl/α,β-unsaturated/α-hetero) is 1. The van der Waals surface area contributed by atoms with Crippen molar-refractivity contribution >= 4 is 11.8 Å². The zero-order chi connectivity index (χ0) is 13.9. The number of esters is 1. The van der Waals surface area contributed by atoms with Crippen LogP contribution in [-0.2, 0) is 9.53 Å². The SMILES string of the molecule is COC(=O)C(C(=O)c1ccc(F)c(C)c1)C(C)C. The number of hydrogen-bond donors (Lipinski definition) is 0.